The maximum absolute atomic E-state index is 14.6. The normalized spacial score (nSPS) is 17.0. The predicted octanol–water partition coefficient (Wildman–Crippen LogP) is 19.4. The van der Waals surface area contributed by atoms with E-state index in [9.17, 15) is 28.8 Å². The first-order valence-corrected chi connectivity index (χ1v) is 48.8. The fourth-order valence-electron chi connectivity index (χ4n) is 12.2. The molecule has 3 N–H and O–H groups in total. The second-order valence-electron chi connectivity index (χ2n) is 26.4. The van der Waals surface area contributed by atoms with E-state index in [1.54, 1.807) is 0 Å². The van der Waals surface area contributed by atoms with Crippen LogP contribution >= 0.6 is 0 Å². The van der Waals surface area contributed by atoms with Crippen molar-refractivity contribution in [3.63, 3.8) is 0 Å². The van der Waals surface area contributed by atoms with Gasteiger partial charge in [0.1, 0.15) is 0 Å². The van der Waals surface area contributed by atoms with Crippen molar-refractivity contribution in [3.8, 4) is 0 Å². The van der Waals surface area contributed by atoms with Gasteiger partial charge in [0.05, 0.1) is 0 Å². The molecule has 2 aliphatic heterocycles. The maximum atomic E-state index is 14.6. The van der Waals surface area contributed by atoms with Gasteiger partial charge < -0.3 is 15.3 Å². The van der Waals surface area contributed by atoms with Crippen LogP contribution in [0.25, 0.3) is 0 Å². The Balaban J connectivity index is 2.06. The van der Waals surface area contributed by atoms with E-state index >= 15 is 0 Å². The Bertz CT molecular complexity index is 1990. The van der Waals surface area contributed by atoms with Crippen molar-refractivity contribution in [2.75, 3.05) is 19.8 Å². The van der Waals surface area contributed by atoms with Crippen LogP contribution in [0.2, 0.25) is 8.87 Å². The van der Waals surface area contributed by atoms with Crippen LogP contribution in [-0.2, 0) is 47.2 Å². The van der Waals surface area contributed by atoms with Gasteiger partial charge in [-0.2, -0.15) is 0 Å². The van der Waals surface area contributed by atoms with E-state index in [1.807, 2.05) is 13.8 Å². The summed E-state index contributed by atoms with van der Waals surface area (Å²) in [5.74, 6) is -4.92. The van der Waals surface area contributed by atoms with Crippen molar-refractivity contribution < 1.29 is 62.5 Å². The molecule has 2 unspecified atom stereocenters. The number of aliphatic hydroxyl groups is 3. The van der Waals surface area contributed by atoms with Crippen LogP contribution in [0.15, 0.2) is 34.9 Å². The third-order valence-corrected chi connectivity index (χ3v) is 32.1. The van der Waals surface area contributed by atoms with Crippen LogP contribution in [0.4, 0.5) is 0 Å². The van der Waals surface area contributed by atoms with Crippen LogP contribution < -0.4 is 0 Å². The van der Waals surface area contributed by atoms with Gasteiger partial charge in [0.2, 0.25) is 0 Å². The average Bonchev–Trinajstić information content (AvgIpc) is 1.84. The Morgan fingerprint density at radius 3 is 0.879 bits per heavy atom. The Morgan fingerprint density at radius 2 is 0.604 bits per heavy atom. The predicted molar refractivity (Wildman–Crippen MR) is 368 cm³/mol. The average molecular weight is 1500 g/mol. The molecular weight excluding hydrogens is 1370 g/mol. The Labute approximate surface area is 564 Å². The van der Waals surface area contributed by atoms with E-state index in [4.69, 9.17) is 33.8 Å². The van der Waals surface area contributed by atoms with Crippen molar-refractivity contribution in [2.24, 2.45) is 0 Å². The van der Waals surface area contributed by atoms with Crippen LogP contribution in [0.3, 0.4) is 0 Å². The summed E-state index contributed by atoms with van der Waals surface area (Å²) in [5.41, 5.74) is 0.337. The molecule has 17 heteroatoms. The first-order valence-electron chi connectivity index (χ1n) is 37.8. The van der Waals surface area contributed by atoms with Crippen LogP contribution in [0, 0.1) is 0 Å². The quantitative estimate of drug-likeness (QED) is 0.0293. The van der Waals surface area contributed by atoms with Gasteiger partial charge in [-0.05, 0) is 19.3 Å². The molecule has 0 saturated carbocycles. The minimum atomic E-state index is -5.39. The molecule has 15 nitrogen and oxygen atoms in total. The summed E-state index contributed by atoms with van der Waals surface area (Å²) in [6, 6.07) is 0. The number of unbranched alkanes of at least 4 members (excludes halogenated alkanes) is 47. The van der Waals surface area contributed by atoms with E-state index in [0.29, 0.717) is 71.0 Å². The molecule has 0 spiro atoms. The van der Waals surface area contributed by atoms with Crippen molar-refractivity contribution in [2.45, 2.75) is 376 Å². The molecule has 2 heterocycles. The molecule has 526 valence electrons. The summed E-state index contributed by atoms with van der Waals surface area (Å²) in [6.07, 6.45) is 60.5. The number of hydrogen-bond donors (Lipinski definition) is 3. The summed E-state index contributed by atoms with van der Waals surface area (Å²) in [5, 5.41) is 26.9. The molecule has 0 aromatic carbocycles. The third-order valence-electron chi connectivity index (χ3n) is 17.9. The number of carbonyl (C=O) groups excluding carboxylic acids is 6. The second-order valence-corrected chi connectivity index (χ2v) is 40.6. The Morgan fingerprint density at radius 1 is 0.352 bits per heavy atom. The second kappa shape index (κ2) is 58.8. The number of rotatable bonds is 64. The Hall–Kier alpha value is -2.48. The summed E-state index contributed by atoms with van der Waals surface area (Å²) in [7, 11) is 0. The summed E-state index contributed by atoms with van der Waals surface area (Å²) in [4.78, 5) is 83.6. The molecular formula is C74H132O15Sn2. The van der Waals surface area contributed by atoms with E-state index in [0.717, 1.165) is 115 Å². The minimum absolute atomic E-state index is 0.0562. The molecule has 0 saturated heterocycles. The van der Waals surface area contributed by atoms with Gasteiger partial charge >= 0.3 is 379 Å². The van der Waals surface area contributed by atoms with Gasteiger partial charge in [0.15, 0.2) is 0 Å². The monoisotopic (exact) mass is 1500 g/mol. The van der Waals surface area contributed by atoms with Gasteiger partial charge in [-0.3, -0.25) is 0 Å². The topological polar surface area (TPSA) is 218 Å². The zero-order valence-corrected chi connectivity index (χ0v) is 63.6. The fraction of sp³-hybridized carbons (Fsp3) is 0.838. The van der Waals surface area contributed by atoms with E-state index in [2.05, 4.69) is 0 Å². The van der Waals surface area contributed by atoms with Crippen molar-refractivity contribution in [3.05, 3.63) is 34.9 Å². The zero-order chi connectivity index (χ0) is 66.0. The van der Waals surface area contributed by atoms with Crippen molar-refractivity contribution in [1.29, 1.82) is 0 Å². The molecule has 2 atom stereocenters. The van der Waals surface area contributed by atoms with Crippen LogP contribution in [0.5, 0.6) is 0 Å². The molecule has 0 amide bonds. The van der Waals surface area contributed by atoms with Gasteiger partial charge in [-0.25, -0.2) is 0 Å². The molecule has 0 aromatic heterocycles. The number of aliphatic hydroxyl groups excluding tert-OH is 3. The molecule has 91 heavy (non-hydrogen) atoms. The molecule has 0 aromatic rings. The SMILES string of the molecule is CCC[CH2][Sn]1([O]C(=O)/C=C(/CCCCCCCCCCCCCCCCCCO)C(=O)[O][Sn]2([CH2]CCC)[O]C(=O)C=C(CCCCCCCCCCCCCCCCCCO)C(=O)[O]2)[O]C(=O)C=C(CCCCCCCCCCCCCCCCCCO)C(=O)[O]1. The van der Waals surface area contributed by atoms with Gasteiger partial charge in [0, 0.05) is 19.8 Å². The molecule has 0 aliphatic carbocycles. The summed E-state index contributed by atoms with van der Waals surface area (Å²) >= 11 is -10.7. The van der Waals surface area contributed by atoms with E-state index in [1.165, 1.54) is 192 Å². The summed E-state index contributed by atoms with van der Waals surface area (Å²) < 4.78 is 36.4. The standard InChI is InChI=1S/3C22H40O5.2C4H9.2Sn/c3*23-18-16-14-12-10-8-6-4-2-1-3-5-7-9-11-13-15-17-20(22(26)27)19-21(24)25;2*1-3-4-2;;/h3*19,23H,1-18H2,(H,24,25)(H,26,27);2*1,3-4H2,2H3;;/q;;;;;2*+3/p-6/b20-19-;;;;;;. The number of carbonyl (C=O) groups is 6. The third kappa shape index (κ3) is 45.6. The first-order chi connectivity index (χ1) is 44.5. The first kappa shape index (κ1) is 84.6. The van der Waals surface area contributed by atoms with Crippen LogP contribution in [0.1, 0.15) is 367 Å². The zero-order valence-electron chi connectivity index (χ0n) is 57.9. The van der Waals surface area contributed by atoms with Crippen molar-refractivity contribution >= 4 is 75.1 Å². The molecule has 0 bridgehead atoms. The molecule has 2 aliphatic rings. The molecule has 0 fully saturated rings. The number of hydrogen-bond acceptors (Lipinski definition) is 15. The van der Waals surface area contributed by atoms with E-state index in [-0.39, 0.29) is 38.6 Å². The Kier molecular flexibility index (Phi) is 54.7. The van der Waals surface area contributed by atoms with Gasteiger partial charge in [-0.1, -0.05) is 135 Å². The van der Waals surface area contributed by atoms with Gasteiger partial charge in [-0.15, -0.1) is 0 Å². The fourth-order valence-corrected chi connectivity index (χ4v) is 25.8. The molecule has 0 radical (unpaired) electrons. The molecule has 2 rings (SSSR count). The van der Waals surface area contributed by atoms with E-state index < -0.39 is 75.1 Å². The summed E-state index contributed by atoms with van der Waals surface area (Å²) in [6.45, 7) is 4.76. The van der Waals surface area contributed by atoms with Crippen molar-refractivity contribution in [1.82, 2.24) is 0 Å². The van der Waals surface area contributed by atoms with Gasteiger partial charge in [0.25, 0.3) is 0 Å². The van der Waals surface area contributed by atoms with Crippen LogP contribution in [-0.4, -0.2) is 110 Å².